The summed E-state index contributed by atoms with van der Waals surface area (Å²) in [4.78, 5) is 13.6. The summed E-state index contributed by atoms with van der Waals surface area (Å²) >= 11 is 0. The third-order valence-electron chi connectivity index (χ3n) is 4.30. The molecule has 6 heteroatoms. The van der Waals surface area contributed by atoms with E-state index in [1.807, 2.05) is 11.8 Å². The van der Waals surface area contributed by atoms with Gasteiger partial charge in [-0.25, -0.2) is 8.42 Å². The molecular formula is C15H19NO4S. The van der Waals surface area contributed by atoms with Crippen molar-refractivity contribution in [1.82, 2.24) is 4.90 Å². The summed E-state index contributed by atoms with van der Waals surface area (Å²) in [5.41, 5.74) is 1.54. The SMILES string of the molecule is CCN1Cc2cc(S(=O)(=O)CC3CC3)ccc2C1C(=O)O. The minimum absolute atomic E-state index is 0.214. The lowest BCUT2D eigenvalue weighted by atomic mass is 10.1. The number of sulfone groups is 1. The predicted octanol–water partition coefficient (Wildman–Crippen LogP) is 1.83. The lowest BCUT2D eigenvalue weighted by molar-refractivity contribution is -0.143. The van der Waals surface area contributed by atoms with E-state index in [1.54, 1.807) is 18.2 Å². The fourth-order valence-corrected chi connectivity index (χ4v) is 4.70. The molecule has 1 aliphatic heterocycles. The van der Waals surface area contributed by atoms with Crippen molar-refractivity contribution in [2.24, 2.45) is 5.92 Å². The van der Waals surface area contributed by atoms with Crippen molar-refractivity contribution >= 4 is 15.8 Å². The third kappa shape index (κ3) is 2.70. The molecule has 21 heavy (non-hydrogen) atoms. The molecule has 1 saturated carbocycles. The number of carboxylic acid groups (broad SMARTS) is 1. The molecule has 1 atom stereocenters. The van der Waals surface area contributed by atoms with E-state index in [9.17, 15) is 18.3 Å². The second-order valence-corrected chi connectivity index (χ2v) is 7.92. The largest absolute Gasteiger partial charge is 0.480 e. The molecule has 1 unspecified atom stereocenters. The van der Waals surface area contributed by atoms with Gasteiger partial charge in [0.2, 0.25) is 0 Å². The van der Waals surface area contributed by atoms with E-state index in [0.29, 0.717) is 23.9 Å². The van der Waals surface area contributed by atoms with Crippen molar-refractivity contribution in [3.63, 3.8) is 0 Å². The first-order chi connectivity index (χ1) is 9.92. The third-order valence-corrected chi connectivity index (χ3v) is 6.18. The second-order valence-electron chi connectivity index (χ2n) is 5.89. The summed E-state index contributed by atoms with van der Waals surface area (Å²) < 4.78 is 24.6. The maximum absolute atomic E-state index is 12.3. The highest BCUT2D eigenvalue weighted by molar-refractivity contribution is 7.91. The lowest BCUT2D eigenvalue weighted by Gasteiger charge is -2.18. The molecule has 0 aromatic heterocycles. The topological polar surface area (TPSA) is 74.7 Å². The summed E-state index contributed by atoms with van der Waals surface area (Å²) in [6.07, 6.45) is 1.99. The Morgan fingerprint density at radius 3 is 2.67 bits per heavy atom. The van der Waals surface area contributed by atoms with Crippen molar-refractivity contribution in [3.05, 3.63) is 29.3 Å². The fraction of sp³-hybridized carbons (Fsp3) is 0.533. The molecule has 1 heterocycles. The molecule has 1 fully saturated rings. The van der Waals surface area contributed by atoms with E-state index in [1.165, 1.54) is 0 Å². The van der Waals surface area contributed by atoms with Gasteiger partial charge in [-0.1, -0.05) is 13.0 Å². The van der Waals surface area contributed by atoms with Gasteiger partial charge in [0, 0.05) is 6.54 Å². The van der Waals surface area contributed by atoms with E-state index in [-0.39, 0.29) is 5.75 Å². The normalized spacial score (nSPS) is 22.2. The van der Waals surface area contributed by atoms with Crippen molar-refractivity contribution in [3.8, 4) is 0 Å². The number of nitrogens with zero attached hydrogens (tertiary/aromatic N) is 1. The highest BCUT2D eigenvalue weighted by Crippen LogP contribution is 2.36. The fourth-order valence-electron chi connectivity index (χ4n) is 2.96. The molecule has 1 aliphatic carbocycles. The molecule has 1 aromatic carbocycles. The monoisotopic (exact) mass is 309 g/mol. The first-order valence-corrected chi connectivity index (χ1v) is 8.90. The van der Waals surface area contributed by atoms with Gasteiger partial charge in [0.05, 0.1) is 10.6 Å². The van der Waals surface area contributed by atoms with Crippen LogP contribution in [0.1, 0.15) is 36.9 Å². The molecule has 1 aromatic rings. The summed E-state index contributed by atoms with van der Waals surface area (Å²) in [5.74, 6) is -0.364. The summed E-state index contributed by atoms with van der Waals surface area (Å²) in [6.45, 7) is 3.03. The van der Waals surface area contributed by atoms with Gasteiger partial charge in [-0.2, -0.15) is 0 Å². The molecule has 0 amide bonds. The Kier molecular flexibility index (Phi) is 3.53. The molecule has 0 spiro atoms. The zero-order chi connectivity index (χ0) is 15.2. The Morgan fingerprint density at radius 1 is 1.38 bits per heavy atom. The number of benzene rings is 1. The number of carbonyl (C=O) groups is 1. The Morgan fingerprint density at radius 2 is 2.10 bits per heavy atom. The Hall–Kier alpha value is -1.40. The van der Waals surface area contributed by atoms with Crippen LogP contribution < -0.4 is 0 Å². The number of hydrogen-bond acceptors (Lipinski definition) is 4. The van der Waals surface area contributed by atoms with E-state index in [0.717, 1.165) is 24.0 Å². The van der Waals surface area contributed by atoms with Crippen LogP contribution in [0.4, 0.5) is 0 Å². The maximum Gasteiger partial charge on any atom is 0.325 e. The number of rotatable bonds is 5. The molecule has 0 radical (unpaired) electrons. The first-order valence-electron chi connectivity index (χ1n) is 7.25. The van der Waals surface area contributed by atoms with Gasteiger partial charge in [-0.3, -0.25) is 9.69 Å². The van der Waals surface area contributed by atoms with Crippen molar-refractivity contribution < 1.29 is 18.3 Å². The molecule has 0 bridgehead atoms. The van der Waals surface area contributed by atoms with E-state index in [2.05, 4.69) is 0 Å². The predicted molar refractivity (Wildman–Crippen MR) is 77.7 cm³/mol. The zero-order valence-electron chi connectivity index (χ0n) is 11.9. The molecule has 3 rings (SSSR count). The number of likely N-dealkylation sites (N-methyl/N-ethyl adjacent to an activating group) is 1. The van der Waals surface area contributed by atoms with Crippen molar-refractivity contribution in [2.45, 2.75) is 37.2 Å². The van der Waals surface area contributed by atoms with Gasteiger partial charge in [-0.05, 0) is 48.6 Å². The van der Waals surface area contributed by atoms with Gasteiger partial charge in [0.1, 0.15) is 6.04 Å². The van der Waals surface area contributed by atoms with Crippen LogP contribution in [-0.4, -0.2) is 36.7 Å². The number of fused-ring (bicyclic) bond motifs is 1. The van der Waals surface area contributed by atoms with Crippen LogP contribution in [0.15, 0.2) is 23.1 Å². The van der Waals surface area contributed by atoms with Gasteiger partial charge >= 0.3 is 5.97 Å². The molecular weight excluding hydrogens is 290 g/mol. The average molecular weight is 309 g/mol. The van der Waals surface area contributed by atoms with Gasteiger partial charge in [-0.15, -0.1) is 0 Å². The Balaban J connectivity index is 1.94. The molecule has 0 saturated heterocycles. The van der Waals surface area contributed by atoms with Crippen LogP contribution in [0, 0.1) is 5.92 Å². The minimum Gasteiger partial charge on any atom is -0.480 e. The highest BCUT2D eigenvalue weighted by atomic mass is 32.2. The first kappa shape index (κ1) is 14.5. The van der Waals surface area contributed by atoms with Crippen LogP contribution in [0.2, 0.25) is 0 Å². The maximum atomic E-state index is 12.3. The van der Waals surface area contributed by atoms with Crippen LogP contribution in [0.3, 0.4) is 0 Å². The Bertz CT molecular complexity index is 679. The molecule has 5 nitrogen and oxygen atoms in total. The number of hydrogen-bond donors (Lipinski definition) is 1. The van der Waals surface area contributed by atoms with Crippen LogP contribution in [0.5, 0.6) is 0 Å². The van der Waals surface area contributed by atoms with E-state index in [4.69, 9.17) is 0 Å². The van der Waals surface area contributed by atoms with Crippen LogP contribution in [0.25, 0.3) is 0 Å². The number of aliphatic carboxylic acids is 1. The van der Waals surface area contributed by atoms with Crippen molar-refractivity contribution in [2.75, 3.05) is 12.3 Å². The minimum atomic E-state index is -3.25. The smallest absolute Gasteiger partial charge is 0.325 e. The standard InChI is InChI=1S/C15H19NO4S/c1-2-16-8-11-7-12(21(19,20)9-10-3-4-10)5-6-13(11)14(16)15(17)18/h5-7,10,14H,2-4,8-9H2,1H3,(H,17,18). The van der Waals surface area contributed by atoms with Crippen LogP contribution in [-0.2, 0) is 21.2 Å². The van der Waals surface area contributed by atoms with Crippen molar-refractivity contribution in [1.29, 1.82) is 0 Å². The van der Waals surface area contributed by atoms with Crippen LogP contribution >= 0.6 is 0 Å². The lowest BCUT2D eigenvalue weighted by Crippen LogP contribution is -2.27. The summed E-state index contributed by atoms with van der Waals surface area (Å²) in [6, 6.07) is 4.23. The molecule has 114 valence electrons. The zero-order valence-corrected chi connectivity index (χ0v) is 12.8. The summed E-state index contributed by atoms with van der Waals surface area (Å²) in [5, 5.41) is 9.36. The van der Waals surface area contributed by atoms with Gasteiger partial charge in [0.15, 0.2) is 9.84 Å². The summed E-state index contributed by atoms with van der Waals surface area (Å²) in [7, 11) is -3.25. The van der Waals surface area contributed by atoms with E-state index < -0.39 is 21.8 Å². The Labute approximate surface area is 124 Å². The van der Waals surface area contributed by atoms with Gasteiger partial charge < -0.3 is 5.11 Å². The highest BCUT2D eigenvalue weighted by Gasteiger charge is 2.36. The van der Waals surface area contributed by atoms with E-state index >= 15 is 0 Å². The second kappa shape index (κ2) is 5.10. The average Bonchev–Trinajstić information content (AvgIpc) is 3.13. The van der Waals surface area contributed by atoms with Gasteiger partial charge in [0.25, 0.3) is 0 Å². The molecule has 2 aliphatic rings. The quantitative estimate of drug-likeness (QED) is 0.898. The molecule has 1 N–H and O–H groups in total. The number of carboxylic acids is 1.